The highest BCUT2D eigenvalue weighted by Gasteiger charge is 2.04. The van der Waals surface area contributed by atoms with Crippen molar-refractivity contribution in [2.75, 3.05) is 5.32 Å². The van der Waals surface area contributed by atoms with E-state index in [2.05, 4.69) is 28.5 Å². The number of aromatic nitrogens is 1. The van der Waals surface area contributed by atoms with Crippen LogP contribution in [0.4, 0.5) is 10.8 Å². The second kappa shape index (κ2) is 6.26. The molecule has 0 fully saturated rings. The van der Waals surface area contributed by atoms with E-state index in [1.807, 2.05) is 54.6 Å². The maximum absolute atomic E-state index is 10.7. The summed E-state index contributed by atoms with van der Waals surface area (Å²) in [5.41, 5.74) is 4.90. The number of benzene rings is 3. The molecular formula is C20H14N2OS. The number of carbonyl (C=O) groups excluding carboxylic acids is 1. The third-order valence-electron chi connectivity index (χ3n) is 3.81. The molecule has 4 rings (SSSR count). The van der Waals surface area contributed by atoms with Gasteiger partial charge in [-0.2, -0.15) is 0 Å². The van der Waals surface area contributed by atoms with Crippen LogP contribution in [0, 0.1) is 0 Å². The van der Waals surface area contributed by atoms with E-state index in [0.717, 1.165) is 33.7 Å². The van der Waals surface area contributed by atoms with Gasteiger partial charge in [-0.05, 0) is 35.4 Å². The van der Waals surface area contributed by atoms with Crippen molar-refractivity contribution in [3.05, 3.63) is 78.4 Å². The second-order valence-corrected chi connectivity index (χ2v) is 6.46. The molecule has 1 aromatic heterocycles. The van der Waals surface area contributed by atoms with E-state index in [9.17, 15) is 4.79 Å². The fourth-order valence-electron chi connectivity index (χ4n) is 2.55. The first-order valence-corrected chi connectivity index (χ1v) is 8.42. The van der Waals surface area contributed by atoms with Gasteiger partial charge in [-0.1, -0.05) is 59.9 Å². The van der Waals surface area contributed by atoms with E-state index in [-0.39, 0.29) is 0 Å². The van der Waals surface area contributed by atoms with Crippen LogP contribution in [0.5, 0.6) is 0 Å². The van der Waals surface area contributed by atoms with Gasteiger partial charge in [0.15, 0.2) is 5.13 Å². The van der Waals surface area contributed by atoms with Gasteiger partial charge >= 0.3 is 0 Å². The fraction of sp³-hybridized carbons (Fsp3) is 0. The Labute approximate surface area is 143 Å². The Bertz CT molecular complexity index is 955. The Hall–Kier alpha value is -2.98. The lowest BCUT2D eigenvalue weighted by Crippen LogP contribution is -1.89. The Kier molecular flexibility index (Phi) is 3.81. The molecule has 0 amide bonds. The Morgan fingerprint density at radius 2 is 1.50 bits per heavy atom. The number of hydrogen-bond donors (Lipinski definition) is 1. The summed E-state index contributed by atoms with van der Waals surface area (Å²) >= 11 is 1.64. The van der Waals surface area contributed by atoms with Crippen LogP contribution in [0.3, 0.4) is 0 Å². The van der Waals surface area contributed by atoms with E-state index in [4.69, 9.17) is 0 Å². The molecule has 0 atom stereocenters. The van der Waals surface area contributed by atoms with Crippen molar-refractivity contribution in [3.63, 3.8) is 0 Å². The molecule has 4 aromatic rings. The number of fused-ring (bicyclic) bond motifs is 1. The zero-order valence-corrected chi connectivity index (χ0v) is 13.6. The van der Waals surface area contributed by atoms with Crippen molar-refractivity contribution in [2.24, 2.45) is 0 Å². The molecule has 1 heterocycles. The molecule has 0 aliphatic heterocycles. The second-order valence-electron chi connectivity index (χ2n) is 5.43. The van der Waals surface area contributed by atoms with Crippen LogP contribution in [0.2, 0.25) is 0 Å². The van der Waals surface area contributed by atoms with Crippen molar-refractivity contribution in [2.45, 2.75) is 0 Å². The van der Waals surface area contributed by atoms with Crippen molar-refractivity contribution >= 4 is 38.7 Å². The molecule has 4 heteroatoms. The highest BCUT2D eigenvalue weighted by molar-refractivity contribution is 7.22. The van der Waals surface area contributed by atoms with Gasteiger partial charge in [0.25, 0.3) is 0 Å². The number of rotatable bonds is 4. The molecule has 0 radical (unpaired) electrons. The molecule has 0 unspecified atom stereocenters. The van der Waals surface area contributed by atoms with Gasteiger partial charge < -0.3 is 5.32 Å². The van der Waals surface area contributed by atoms with Gasteiger partial charge in [-0.3, -0.25) is 4.79 Å². The van der Waals surface area contributed by atoms with Gasteiger partial charge in [0, 0.05) is 11.3 Å². The number of thiazole rings is 1. The summed E-state index contributed by atoms with van der Waals surface area (Å²) in [6, 6.07) is 23.9. The zero-order valence-electron chi connectivity index (χ0n) is 12.8. The summed E-state index contributed by atoms with van der Waals surface area (Å²) in [6.45, 7) is 0. The molecule has 1 N–H and O–H groups in total. The fourth-order valence-corrected chi connectivity index (χ4v) is 3.44. The quantitative estimate of drug-likeness (QED) is 0.501. The number of hydrogen-bond acceptors (Lipinski definition) is 4. The van der Waals surface area contributed by atoms with E-state index >= 15 is 0 Å². The summed E-state index contributed by atoms with van der Waals surface area (Å²) in [5, 5.41) is 4.24. The van der Waals surface area contributed by atoms with Gasteiger partial charge in [-0.15, -0.1) is 0 Å². The predicted molar refractivity (Wildman–Crippen MR) is 100 cm³/mol. The molecule has 24 heavy (non-hydrogen) atoms. The minimum atomic E-state index is 0.688. The first kappa shape index (κ1) is 14.6. The molecular weight excluding hydrogens is 316 g/mol. The van der Waals surface area contributed by atoms with Gasteiger partial charge in [0.05, 0.1) is 10.2 Å². The van der Waals surface area contributed by atoms with Crippen LogP contribution in [-0.2, 0) is 0 Å². The van der Waals surface area contributed by atoms with E-state index in [1.165, 1.54) is 4.70 Å². The van der Waals surface area contributed by atoms with Crippen LogP contribution in [-0.4, -0.2) is 11.3 Å². The summed E-state index contributed by atoms with van der Waals surface area (Å²) in [4.78, 5) is 15.3. The van der Waals surface area contributed by atoms with Crippen molar-refractivity contribution in [3.8, 4) is 11.1 Å². The number of aldehydes is 1. The summed E-state index contributed by atoms with van der Waals surface area (Å²) < 4.78 is 1.17. The number of nitrogens with zero attached hydrogens (tertiary/aromatic N) is 1. The molecule has 116 valence electrons. The van der Waals surface area contributed by atoms with E-state index in [0.29, 0.717) is 5.56 Å². The lowest BCUT2D eigenvalue weighted by atomic mass is 10.0. The standard InChI is InChI=1S/C20H14N2OS/c23-13-14-5-7-15(8-6-14)16-9-11-17(12-10-16)21-20-22-18-3-1-2-4-19(18)24-20/h1-13H,(H,21,22). The number of nitrogens with one attached hydrogen (secondary N) is 1. The van der Waals surface area contributed by atoms with Crippen LogP contribution < -0.4 is 5.32 Å². The monoisotopic (exact) mass is 330 g/mol. The largest absolute Gasteiger partial charge is 0.332 e. The summed E-state index contributed by atoms with van der Waals surface area (Å²) in [5.74, 6) is 0. The number of para-hydroxylation sites is 1. The van der Waals surface area contributed by atoms with Crippen LogP contribution in [0.25, 0.3) is 21.3 Å². The Morgan fingerprint density at radius 3 is 2.17 bits per heavy atom. The molecule has 3 aromatic carbocycles. The lowest BCUT2D eigenvalue weighted by molar-refractivity contribution is 0.112. The van der Waals surface area contributed by atoms with Gasteiger partial charge in [-0.25, -0.2) is 4.98 Å². The van der Waals surface area contributed by atoms with E-state index < -0.39 is 0 Å². The highest BCUT2D eigenvalue weighted by atomic mass is 32.1. The lowest BCUT2D eigenvalue weighted by Gasteiger charge is -2.05. The molecule has 3 nitrogen and oxygen atoms in total. The minimum absolute atomic E-state index is 0.688. The molecule has 0 aliphatic rings. The van der Waals surface area contributed by atoms with Crippen LogP contribution in [0.15, 0.2) is 72.8 Å². The highest BCUT2D eigenvalue weighted by Crippen LogP contribution is 2.29. The number of anilines is 2. The first-order valence-electron chi connectivity index (χ1n) is 7.60. The zero-order chi connectivity index (χ0) is 16.4. The maximum atomic E-state index is 10.7. The predicted octanol–water partition coefficient (Wildman–Crippen LogP) is 5.52. The van der Waals surface area contributed by atoms with Gasteiger partial charge in [0.1, 0.15) is 6.29 Å². The van der Waals surface area contributed by atoms with Crippen LogP contribution in [0.1, 0.15) is 10.4 Å². The topological polar surface area (TPSA) is 42.0 Å². The molecule has 0 saturated carbocycles. The van der Waals surface area contributed by atoms with Crippen LogP contribution >= 0.6 is 11.3 Å². The molecule has 0 aliphatic carbocycles. The molecule has 0 spiro atoms. The third-order valence-corrected chi connectivity index (χ3v) is 4.76. The van der Waals surface area contributed by atoms with Crippen molar-refractivity contribution in [1.82, 2.24) is 4.98 Å². The van der Waals surface area contributed by atoms with Crippen molar-refractivity contribution < 1.29 is 4.79 Å². The van der Waals surface area contributed by atoms with Gasteiger partial charge in [0.2, 0.25) is 0 Å². The summed E-state index contributed by atoms with van der Waals surface area (Å²) in [6.07, 6.45) is 0.856. The Balaban J connectivity index is 1.55. The molecule has 0 bridgehead atoms. The third kappa shape index (κ3) is 2.92. The normalized spacial score (nSPS) is 10.7. The smallest absolute Gasteiger partial charge is 0.188 e. The Morgan fingerprint density at radius 1 is 0.833 bits per heavy atom. The summed E-state index contributed by atoms with van der Waals surface area (Å²) in [7, 11) is 0. The van der Waals surface area contributed by atoms with Crippen molar-refractivity contribution in [1.29, 1.82) is 0 Å². The SMILES string of the molecule is O=Cc1ccc(-c2ccc(Nc3nc4ccccc4s3)cc2)cc1. The molecule has 0 saturated heterocycles. The average molecular weight is 330 g/mol. The first-order chi connectivity index (χ1) is 11.8. The average Bonchev–Trinajstić information content (AvgIpc) is 3.05. The number of carbonyl (C=O) groups is 1. The minimum Gasteiger partial charge on any atom is -0.332 e. The van der Waals surface area contributed by atoms with E-state index in [1.54, 1.807) is 11.3 Å². The maximum Gasteiger partial charge on any atom is 0.188 e.